The van der Waals surface area contributed by atoms with Crippen molar-refractivity contribution in [3.05, 3.63) is 29.2 Å². The van der Waals surface area contributed by atoms with Gasteiger partial charge in [0.25, 0.3) is 5.91 Å². The lowest BCUT2D eigenvalue weighted by Crippen LogP contribution is -2.36. The molecule has 34 heavy (non-hydrogen) atoms. The molecule has 0 atom stereocenters. The largest absolute Gasteiger partial charge is 0.434 e. The number of nitrogens with zero attached hydrogens (tertiary/aromatic N) is 6. The number of anilines is 2. The normalized spacial score (nSPS) is 16.5. The fourth-order valence-corrected chi connectivity index (χ4v) is 5.36. The van der Waals surface area contributed by atoms with Gasteiger partial charge in [0, 0.05) is 36.4 Å². The number of halogens is 3. The molecule has 2 aromatic rings. The van der Waals surface area contributed by atoms with Gasteiger partial charge in [-0.3, -0.25) is 4.79 Å². The van der Waals surface area contributed by atoms with Gasteiger partial charge in [-0.1, -0.05) is 0 Å². The third kappa shape index (κ3) is 3.34. The molecule has 0 aromatic carbocycles. The van der Waals surface area contributed by atoms with Gasteiger partial charge in [0.05, 0.1) is 0 Å². The highest BCUT2D eigenvalue weighted by atomic mass is 32.1. The molecule has 1 amide bonds. The molecule has 12 heteroatoms. The minimum Gasteiger partial charge on any atom is -0.331 e. The molecule has 0 unspecified atom stereocenters. The van der Waals surface area contributed by atoms with Crippen LogP contribution in [0.1, 0.15) is 48.8 Å². The van der Waals surface area contributed by atoms with Crippen molar-refractivity contribution in [1.29, 1.82) is 0 Å². The van der Waals surface area contributed by atoms with Gasteiger partial charge in [-0.15, -0.1) is 11.3 Å². The molecule has 2 saturated carbocycles. The molecule has 0 spiro atoms. The fourth-order valence-electron chi connectivity index (χ4n) is 4.65. The van der Waals surface area contributed by atoms with Gasteiger partial charge in [-0.25, -0.2) is 15.0 Å². The van der Waals surface area contributed by atoms with Crippen molar-refractivity contribution in [3.8, 4) is 11.4 Å². The number of nitrogens with one attached hydrogen (secondary N) is 1. The van der Waals surface area contributed by atoms with Gasteiger partial charge in [-0.05, 0) is 38.7 Å². The highest BCUT2D eigenvalue weighted by Gasteiger charge is 2.43. The Kier molecular flexibility index (Phi) is 4.67. The number of carbonyl (C=O) groups excluding carboxylic acids is 1. The molecule has 2 aliphatic carbocycles. The molecule has 178 valence electrons. The van der Waals surface area contributed by atoms with E-state index in [2.05, 4.69) is 20.3 Å². The second-order valence-electron chi connectivity index (χ2n) is 8.83. The first-order valence-corrected chi connectivity index (χ1v) is 12.1. The van der Waals surface area contributed by atoms with Crippen LogP contribution >= 0.6 is 11.3 Å². The maximum Gasteiger partial charge on any atom is 0.434 e. The number of rotatable bonds is 6. The van der Waals surface area contributed by atoms with Crippen molar-refractivity contribution in [3.63, 3.8) is 0 Å². The Morgan fingerprint density at radius 3 is 2.47 bits per heavy atom. The lowest BCUT2D eigenvalue weighted by molar-refractivity contribution is -0.140. The molecule has 2 aliphatic heterocycles. The van der Waals surface area contributed by atoms with E-state index in [0.717, 1.165) is 53.4 Å². The topological polar surface area (TPSA) is 80.9 Å². The molecule has 2 aromatic heterocycles. The fraction of sp³-hybridized carbons (Fsp3) is 0.455. The number of thiazole rings is 1. The standard InChI is InChI=1S/C22H22F3N7OS/c1-3-31-14(20(33)32(11-4-5-11)12-6-7-12)8-13-16-17(27-10-26-16)18(30(2)19(13)31)29-21-28-15(9-34-21)22(23,24)25/h8-12H,3-7H2,1-2H3,(H,28,29). The summed E-state index contributed by atoms with van der Waals surface area (Å²) in [7, 11) is 1.80. The summed E-state index contributed by atoms with van der Waals surface area (Å²) in [6.07, 6.45) is 1.08. The Balaban J connectivity index is 1.48. The van der Waals surface area contributed by atoms with Crippen LogP contribution in [0.2, 0.25) is 0 Å². The Hall–Kier alpha value is -3.15. The number of hydrogen-bond donors (Lipinski definition) is 1. The number of pyridine rings is 1. The summed E-state index contributed by atoms with van der Waals surface area (Å²) in [5, 5.41) is 4.88. The smallest absolute Gasteiger partial charge is 0.331 e. The van der Waals surface area contributed by atoms with Crippen LogP contribution < -0.4 is 5.32 Å². The first-order valence-electron chi connectivity index (χ1n) is 11.2. The number of alkyl halides is 3. The van der Waals surface area contributed by atoms with Gasteiger partial charge in [0.1, 0.15) is 34.9 Å². The minimum atomic E-state index is -4.51. The first-order chi connectivity index (χ1) is 16.3. The van der Waals surface area contributed by atoms with E-state index in [1.165, 1.54) is 6.33 Å². The Morgan fingerprint density at radius 2 is 1.88 bits per heavy atom. The molecule has 2 fully saturated rings. The summed E-state index contributed by atoms with van der Waals surface area (Å²) < 4.78 is 42.9. The summed E-state index contributed by atoms with van der Waals surface area (Å²) in [6.45, 7) is 2.52. The van der Waals surface area contributed by atoms with Crippen LogP contribution in [0, 0.1) is 0 Å². The molecule has 0 bridgehead atoms. The van der Waals surface area contributed by atoms with Crippen molar-refractivity contribution in [2.75, 3.05) is 5.32 Å². The second-order valence-corrected chi connectivity index (χ2v) is 9.68. The van der Waals surface area contributed by atoms with E-state index in [0.29, 0.717) is 41.5 Å². The number of aromatic nitrogens is 5. The number of amides is 1. The van der Waals surface area contributed by atoms with Crippen molar-refractivity contribution in [1.82, 2.24) is 29.0 Å². The Labute approximate surface area is 196 Å². The van der Waals surface area contributed by atoms with E-state index < -0.39 is 11.9 Å². The summed E-state index contributed by atoms with van der Waals surface area (Å²) in [5.41, 5.74) is 1.50. The summed E-state index contributed by atoms with van der Waals surface area (Å²) in [6, 6.07) is 2.52. The highest BCUT2D eigenvalue weighted by Crippen LogP contribution is 2.42. The highest BCUT2D eigenvalue weighted by molar-refractivity contribution is 7.13. The molecular weight excluding hydrogens is 467 g/mol. The van der Waals surface area contributed by atoms with Gasteiger partial charge in [0.15, 0.2) is 10.8 Å². The third-order valence-corrected chi connectivity index (χ3v) is 7.23. The van der Waals surface area contributed by atoms with Crippen LogP contribution in [-0.4, -0.2) is 47.0 Å². The zero-order valence-corrected chi connectivity index (χ0v) is 19.4. The van der Waals surface area contributed by atoms with E-state index in [-0.39, 0.29) is 11.0 Å². The number of carbonyl (C=O) groups is 1. The quantitative estimate of drug-likeness (QED) is 0.418. The second kappa shape index (κ2) is 7.42. The minimum absolute atomic E-state index is 0.0277. The van der Waals surface area contributed by atoms with Crippen LogP contribution in [0.25, 0.3) is 22.4 Å². The molecule has 0 saturated heterocycles. The van der Waals surface area contributed by atoms with Gasteiger partial charge in [0.2, 0.25) is 0 Å². The SMILES string of the molecule is CCn1c(C(=O)N(C2CC2)C2CC2)cc2c3ncnc-3c(Nc3nc(C(F)(F)F)cs3)n(C)c21. The summed E-state index contributed by atoms with van der Waals surface area (Å²) >= 11 is 0.869. The van der Waals surface area contributed by atoms with Crippen LogP contribution in [0.3, 0.4) is 0 Å². The van der Waals surface area contributed by atoms with Crippen LogP contribution in [0.4, 0.5) is 24.1 Å². The molecule has 8 nitrogen and oxygen atoms in total. The Morgan fingerprint density at radius 1 is 1.21 bits per heavy atom. The lowest BCUT2D eigenvalue weighted by Gasteiger charge is -2.23. The van der Waals surface area contributed by atoms with Crippen LogP contribution in [0.15, 0.2) is 17.8 Å². The number of aryl methyl sites for hydroxylation is 2. The van der Waals surface area contributed by atoms with Gasteiger partial charge in [-0.2, -0.15) is 13.2 Å². The number of hydrogen-bond acceptors (Lipinski definition) is 6. The predicted molar refractivity (Wildman–Crippen MR) is 121 cm³/mol. The maximum absolute atomic E-state index is 13.6. The lowest BCUT2D eigenvalue weighted by atomic mass is 10.2. The van der Waals surface area contributed by atoms with Crippen molar-refractivity contribution >= 4 is 39.2 Å². The molecule has 0 radical (unpaired) electrons. The number of imidazole rings is 1. The van der Waals surface area contributed by atoms with E-state index in [9.17, 15) is 18.0 Å². The van der Waals surface area contributed by atoms with Gasteiger partial charge < -0.3 is 19.4 Å². The van der Waals surface area contributed by atoms with Crippen molar-refractivity contribution in [2.45, 2.75) is 57.4 Å². The van der Waals surface area contributed by atoms with E-state index in [4.69, 9.17) is 0 Å². The van der Waals surface area contributed by atoms with Gasteiger partial charge >= 0.3 is 6.18 Å². The van der Waals surface area contributed by atoms with E-state index in [1.54, 1.807) is 7.05 Å². The van der Waals surface area contributed by atoms with Crippen molar-refractivity contribution < 1.29 is 18.0 Å². The average Bonchev–Trinajstić information content (AvgIpc) is 3.65. The monoisotopic (exact) mass is 489 g/mol. The zero-order chi connectivity index (χ0) is 23.8. The van der Waals surface area contributed by atoms with Crippen LogP contribution in [-0.2, 0) is 19.8 Å². The molecule has 6 rings (SSSR count). The zero-order valence-electron chi connectivity index (χ0n) is 18.6. The van der Waals surface area contributed by atoms with E-state index >= 15 is 0 Å². The molecule has 4 aliphatic rings. The van der Waals surface area contributed by atoms with E-state index in [1.807, 2.05) is 27.0 Å². The average molecular weight is 490 g/mol. The maximum atomic E-state index is 13.6. The predicted octanol–water partition coefficient (Wildman–Crippen LogP) is 4.88. The first kappa shape index (κ1) is 21.4. The molecular formula is C22H22F3N7OS. The van der Waals surface area contributed by atoms with Crippen molar-refractivity contribution in [2.24, 2.45) is 7.05 Å². The Bertz CT molecular complexity index is 1370. The summed E-state index contributed by atoms with van der Waals surface area (Å²) in [5.74, 6) is 0.496. The molecule has 1 N–H and O–H groups in total. The van der Waals surface area contributed by atoms with Crippen LogP contribution in [0.5, 0.6) is 0 Å². The summed E-state index contributed by atoms with van der Waals surface area (Å²) in [4.78, 5) is 28.2. The third-order valence-electron chi connectivity index (χ3n) is 6.47. The molecule has 4 heterocycles. The number of fused-ring (bicyclic) bond motifs is 3.